The van der Waals surface area contributed by atoms with Gasteiger partial charge in [-0.05, 0) is 36.3 Å². The summed E-state index contributed by atoms with van der Waals surface area (Å²) in [5.41, 5.74) is 2.98. The minimum Gasteiger partial charge on any atom is -0.632 e. The van der Waals surface area contributed by atoms with Crippen molar-refractivity contribution in [1.29, 1.82) is 0 Å². The van der Waals surface area contributed by atoms with E-state index in [0.717, 1.165) is 29.0 Å². The van der Waals surface area contributed by atoms with Gasteiger partial charge in [0, 0.05) is 36.9 Å². The maximum absolute atomic E-state index is 13.9. The molecule has 6 nitrogen and oxygen atoms in total. The molecule has 0 amide bonds. The Labute approximate surface area is 165 Å². The number of allylic oxidation sites excluding steroid dienone is 1. The minimum absolute atomic E-state index is 0.0135. The molecule has 0 aromatic heterocycles. The van der Waals surface area contributed by atoms with E-state index in [-0.39, 0.29) is 34.5 Å². The Hall–Kier alpha value is -2.05. The summed E-state index contributed by atoms with van der Waals surface area (Å²) in [6.45, 7) is 3.04. The monoisotopic (exact) mass is 384 g/mol. The van der Waals surface area contributed by atoms with E-state index in [4.69, 9.17) is 9.47 Å². The van der Waals surface area contributed by atoms with E-state index in [1.807, 2.05) is 13.0 Å². The second-order valence-corrected chi connectivity index (χ2v) is 8.84. The van der Waals surface area contributed by atoms with E-state index in [2.05, 4.69) is 30.2 Å². The van der Waals surface area contributed by atoms with Gasteiger partial charge < -0.3 is 24.2 Å². The van der Waals surface area contributed by atoms with Crippen LogP contribution in [0.5, 0.6) is 5.75 Å². The smallest absolute Gasteiger partial charge is 0.310 e. The number of hydroxylamine groups is 3. The highest BCUT2D eigenvalue weighted by atomic mass is 16.5. The van der Waals surface area contributed by atoms with Crippen molar-refractivity contribution in [3.05, 3.63) is 40.6 Å². The minimum atomic E-state index is -0.403. The number of rotatable bonds is 2. The number of fused-ring (bicyclic) bond motifs is 2. The number of carbonyl (C=O) groups excluding carboxylic acids is 1. The van der Waals surface area contributed by atoms with Crippen LogP contribution in [0.4, 0.5) is 5.69 Å². The first-order chi connectivity index (χ1) is 13.4. The summed E-state index contributed by atoms with van der Waals surface area (Å²) in [5.74, 6) is 0.449. The topological polar surface area (TPSA) is 61.8 Å². The van der Waals surface area contributed by atoms with E-state index in [9.17, 15) is 10.0 Å². The van der Waals surface area contributed by atoms with Gasteiger partial charge in [-0.1, -0.05) is 6.08 Å². The first kappa shape index (κ1) is 18.0. The summed E-state index contributed by atoms with van der Waals surface area (Å²) < 4.78 is 10.7. The highest BCUT2D eigenvalue weighted by Crippen LogP contribution is 2.65. The molecule has 2 saturated heterocycles. The molecule has 3 aliphatic heterocycles. The lowest BCUT2D eigenvalue weighted by atomic mass is 9.50. The van der Waals surface area contributed by atoms with E-state index < -0.39 is 5.41 Å². The summed E-state index contributed by atoms with van der Waals surface area (Å²) in [6, 6.07) is 6.12. The fourth-order valence-electron chi connectivity index (χ4n) is 7.04. The van der Waals surface area contributed by atoms with Crippen LogP contribution in [0.3, 0.4) is 0 Å². The highest BCUT2D eigenvalue weighted by molar-refractivity contribution is 5.80. The number of likely N-dealkylation sites (N-methyl/N-ethyl adjacent to an activating group) is 1. The van der Waals surface area contributed by atoms with Crippen LogP contribution >= 0.6 is 0 Å². The highest BCUT2D eigenvalue weighted by Gasteiger charge is 2.72. The van der Waals surface area contributed by atoms with Crippen LogP contribution in [0.25, 0.3) is 0 Å². The molecule has 4 aliphatic rings. The van der Waals surface area contributed by atoms with Gasteiger partial charge >= 0.3 is 5.97 Å². The van der Waals surface area contributed by atoms with E-state index >= 15 is 0 Å². The normalized spacial score (nSPS) is 41.6. The summed E-state index contributed by atoms with van der Waals surface area (Å²) in [4.78, 5) is 15.5. The quantitative estimate of drug-likeness (QED) is 0.339. The Morgan fingerprint density at radius 1 is 1.39 bits per heavy atom. The summed E-state index contributed by atoms with van der Waals surface area (Å²) in [5, 5.41) is 13.9. The molecule has 2 unspecified atom stereocenters. The third-order valence-corrected chi connectivity index (χ3v) is 8.11. The number of nitrogens with zero attached hydrogens (tertiary/aromatic N) is 2. The van der Waals surface area contributed by atoms with Crippen molar-refractivity contribution >= 4 is 11.7 Å². The van der Waals surface area contributed by atoms with Crippen LogP contribution in [-0.4, -0.2) is 57.1 Å². The number of anilines is 1. The zero-order chi connectivity index (χ0) is 19.8. The molecule has 1 aromatic rings. The summed E-state index contributed by atoms with van der Waals surface area (Å²) >= 11 is 0. The Kier molecular flexibility index (Phi) is 3.69. The van der Waals surface area contributed by atoms with Gasteiger partial charge in [-0.3, -0.25) is 4.79 Å². The van der Waals surface area contributed by atoms with Gasteiger partial charge in [0.1, 0.15) is 18.3 Å². The third kappa shape index (κ3) is 1.93. The standard InChI is InChI=1S/C22H28N2O4/c1-5-13-12-24(26)9-8-22-16-10-14(27-3)6-7-17(16)23(2)20(22)18(24)11-15(13)19(22)21(25)28-4/h5-7,10,15,18-20H,8-9,11-12H2,1-4H3/b13-5-/t15-,18-,19?,20-,22-,24?/m0/s1. The van der Waals surface area contributed by atoms with Gasteiger partial charge in [0.15, 0.2) is 0 Å². The lowest BCUT2D eigenvalue weighted by Gasteiger charge is -2.68. The summed E-state index contributed by atoms with van der Waals surface area (Å²) in [7, 11) is 5.23. The second-order valence-electron chi connectivity index (χ2n) is 8.84. The molecule has 6 atom stereocenters. The van der Waals surface area contributed by atoms with Crippen LogP contribution in [0.15, 0.2) is 29.8 Å². The predicted octanol–water partition coefficient (Wildman–Crippen LogP) is 2.61. The molecule has 6 heteroatoms. The van der Waals surface area contributed by atoms with Crippen molar-refractivity contribution in [3.8, 4) is 5.75 Å². The third-order valence-electron chi connectivity index (χ3n) is 8.11. The molecule has 3 heterocycles. The molecule has 1 aromatic carbocycles. The number of hydrogen-bond donors (Lipinski definition) is 0. The van der Waals surface area contributed by atoms with Crippen LogP contribution in [0, 0.1) is 17.0 Å². The molecule has 1 saturated carbocycles. The Morgan fingerprint density at radius 3 is 2.86 bits per heavy atom. The SMILES string of the molecule is C/C=C1/C[N+]2([O-])CC[C@@]34c5cc(OC)ccc5N(C)[C@H]3[C@@H]2C[C@@H]1C4C(=O)OC. The first-order valence-corrected chi connectivity index (χ1v) is 10.1. The molecule has 1 aliphatic carbocycles. The molecule has 28 heavy (non-hydrogen) atoms. The maximum Gasteiger partial charge on any atom is 0.310 e. The van der Waals surface area contributed by atoms with Gasteiger partial charge in [-0.25, -0.2) is 0 Å². The van der Waals surface area contributed by atoms with Crippen LogP contribution < -0.4 is 9.64 Å². The van der Waals surface area contributed by atoms with Gasteiger partial charge in [0.2, 0.25) is 0 Å². The molecular weight excluding hydrogens is 356 g/mol. The van der Waals surface area contributed by atoms with Crippen LogP contribution in [0.1, 0.15) is 25.3 Å². The molecule has 3 bridgehead atoms. The fraction of sp³-hybridized carbons (Fsp3) is 0.591. The van der Waals surface area contributed by atoms with Crippen molar-refractivity contribution in [3.63, 3.8) is 0 Å². The zero-order valence-corrected chi connectivity index (χ0v) is 17.0. The van der Waals surface area contributed by atoms with E-state index in [1.165, 1.54) is 7.11 Å². The average Bonchev–Trinajstić information content (AvgIpc) is 2.97. The average molecular weight is 384 g/mol. The molecule has 3 fully saturated rings. The lowest BCUT2D eigenvalue weighted by Crippen LogP contribution is -2.77. The fourth-order valence-corrected chi connectivity index (χ4v) is 7.04. The number of quaternary nitrogens is 1. The number of benzene rings is 1. The molecular formula is C22H28N2O4. The number of methoxy groups -OCH3 is 2. The Balaban J connectivity index is 1.80. The first-order valence-electron chi connectivity index (χ1n) is 10.1. The van der Waals surface area contributed by atoms with Crippen molar-refractivity contribution in [2.45, 2.75) is 37.3 Å². The molecule has 150 valence electrons. The van der Waals surface area contributed by atoms with Crippen molar-refractivity contribution in [2.75, 3.05) is 39.3 Å². The van der Waals surface area contributed by atoms with Crippen molar-refractivity contribution in [2.24, 2.45) is 11.8 Å². The molecule has 5 rings (SSSR count). The van der Waals surface area contributed by atoms with E-state index in [0.29, 0.717) is 19.5 Å². The molecule has 0 N–H and O–H groups in total. The van der Waals surface area contributed by atoms with Gasteiger partial charge in [-0.2, -0.15) is 0 Å². The number of esters is 1. The molecule has 0 radical (unpaired) electrons. The maximum atomic E-state index is 13.9. The van der Waals surface area contributed by atoms with Crippen LogP contribution in [0.2, 0.25) is 0 Å². The lowest BCUT2D eigenvalue weighted by molar-refractivity contribution is -0.916. The molecule has 0 spiro atoms. The number of hydrogen-bond acceptors (Lipinski definition) is 5. The van der Waals surface area contributed by atoms with Gasteiger partial charge in [0.25, 0.3) is 0 Å². The van der Waals surface area contributed by atoms with Crippen LogP contribution in [-0.2, 0) is 14.9 Å². The number of piperidine rings is 2. The second kappa shape index (κ2) is 5.74. The van der Waals surface area contributed by atoms with Crippen molar-refractivity contribution in [1.82, 2.24) is 0 Å². The Morgan fingerprint density at radius 2 is 2.18 bits per heavy atom. The number of ether oxygens (including phenoxy) is 2. The van der Waals surface area contributed by atoms with Crippen molar-refractivity contribution < 1.29 is 18.9 Å². The summed E-state index contributed by atoms with van der Waals surface area (Å²) in [6.07, 6.45) is 3.52. The van der Waals surface area contributed by atoms with Gasteiger partial charge in [-0.15, -0.1) is 0 Å². The largest absolute Gasteiger partial charge is 0.632 e. The number of carbonyl (C=O) groups is 1. The zero-order valence-electron chi connectivity index (χ0n) is 17.0. The Bertz CT molecular complexity index is 883. The predicted molar refractivity (Wildman–Crippen MR) is 106 cm³/mol. The van der Waals surface area contributed by atoms with Gasteiger partial charge in [0.05, 0.1) is 32.7 Å². The van der Waals surface area contributed by atoms with E-state index in [1.54, 1.807) is 7.11 Å².